The number of rotatable bonds is 5. The fourth-order valence-electron chi connectivity index (χ4n) is 5.86. The third-order valence-corrected chi connectivity index (χ3v) is 8.16. The number of fused-ring (bicyclic) bond motifs is 2. The van der Waals surface area contributed by atoms with Gasteiger partial charge in [0, 0.05) is 41.3 Å². The van der Waals surface area contributed by atoms with E-state index in [1.165, 1.54) is 12.3 Å². The maximum atomic E-state index is 12.8. The molecule has 4 heterocycles. The van der Waals surface area contributed by atoms with Gasteiger partial charge in [0.15, 0.2) is 0 Å². The molecule has 1 aromatic carbocycles. The lowest BCUT2D eigenvalue weighted by atomic mass is 10.0. The topological polar surface area (TPSA) is 119 Å². The van der Waals surface area contributed by atoms with Gasteiger partial charge in [-0.2, -0.15) is 0 Å². The number of nitrogens with one attached hydrogen (secondary N) is 1. The molecule has 1 aliphatic carbocycles. The first-order chi connectivity index (χ1) is 18.2. The highest BCUT2D eigenvalue weighted by molar-refractivity contribution is 6.30. The summed E-state index contributed by atoms with van der Waals surface area (Å²) in [6.45, 7) is 8.84. The number of aromatic nitrogens is 4. The van der Waals surface area contributed by atoms with Crippen molar-refractivity contribution >= 4 is 40.6 Å². The highest BCUT2D eigenvalue weighted by atomic mass is 35.5. The number of carbonyl (C=O) groups is 2. The monoisotopic (exact) mass is 527 g/mol. The Morgan fingerprint density at radius 3 is 2.66 bits per heavy atom. The number of hydrogen-bond donors (Lipinski definition) is 2. The standard InChI is InChI=1S/C28H26ClN7O2/c1-4-20(37)36-14-18-21(28(18,2)3)23(36)26-34-22(24-25(30)32-11-12-35(24)26)15-5-7-16(8-6-15)27(38)33-19-13-17(29)9-10-31-19/h4-13,18,21,23H,1,14H2,2-3H3,(H2,30,32)(H,31,33,38)/t18-,21-,23-/m0/s1. The van der Waals surface area contributed by atoms with Gasteiger partial charge in [-0.1, -0.05) is 44.2 Å². The molecule has 0 radical (unpaired) electrons. The SMILES string of the molecule is C=CC(=O)N1C[C@H]2[C@@H]([C@H]1c1nc(-c3ccc(C(=O)Nc4cc(Cl)ccn4)cc3)c3c(N)nccn13)C2(C)C. The second kappa shape index (κ2) is 8.66. The molecule has 3 aromatic heterocycles. The summed E-state index contributed by atoms with van der Waals surface area (Å²) in [6.07, 6.45) is 6.36. The van der Waals surface area contributed by atoms with E-state index in [9.17, 15) is 9.59 Å². The van der Waals surface area contributed by atoms with Gasteiger partial charge in [-0.15, -0.1) is 0 Å². The first kappa shape index (κ1) is 24.1. The minimum absolute atomic E-state index is 0.108. The number of piperidine rings is 1. The van der Waals surface area contributed by atoms with E-state index in [1.807, 2.05) is 27.6 Å². The average Bonchev–Trinajstić information content (AvgIpc) is 3.24. The summed E-state index contributed by atoms with van der Waals surface area (Å²) in [6, 6.07) is 10.1. The molecule has 6 rings (SSSR count). The van der Waals surface area contributed by atoms with Gasteiger partial charge in [-0.25, -0.2) is 15.0 Å². The van der Waals surface area contributed by atoms with E-state index in [1.54, 1.807) is 30.5 Å². The number of hydrogen-bond acceptors (Lipinski definition) is 6. The average molecular weight is 528 g/mol. The van der Waals surface area contributed by atoms with Crippen LogP contribution in [0.4, 0.5) is 11.6 Å². The Balaban J connectivity index is 1.38. The van der Waals surface area contributed by atoms with E-state index < -0.39 is 0 Å². The van der Waals surface area contributed by atoms with E-state index in [2.05, 4.69) is 35.7 Å². The molecule has 2 amide bonds. The molecule has 0 spiro atoms. The highest BCUT2D eigenvalue weighted by Crippen LogP contribution is 2.69. The summed E-state index contributed by atoms with van der Waals surface area (Å²) in [4.78, 5) is 40.9. The van der Waals surface area contributed by atoms with Crippen molar-refractivity contribution in [3.63, 3.8) is 0 Å². The molecule has 2 fully saturated rings. The molecule has 0 bridgehead atoms. The molecule has 1 saturated carbocycles. The number of likely N-dealkylation sites (tertiary alicyclic amines) is 1. The molecule has 0 unspecified atom stereocenters. The fourth-order valence-corrected chi connectivity index (χ4v) is 6.02. The maximum Gasteiger partial charge on any atom is 0.256 e. The number of anilines is 2. The minimum Gasteiger partial charge on any atom is -0.382 e. The van der Waals surface area contributed by atoms with Gasteiger partial charge < -0.3 is 16.0 Å². The smallest absolute Gasteiger partial charge is 0.256 e. The number of nitrogens with two attached hydrogens (primary N) is 1. The maximum absolute atomic E-state index is 12.8. The number of halogens is 1. The summed E-state index contributed by atoms with van der Waals surface area (Å²) < 4.78 is 1.94. The van der Waals surface area contributed by atoms with Crippen LogP contribution >= 0.6 is 11.6 Å². The molecule has 3 atom stereocenters. The van der Waals surface area contributed by atoms with Gasteiger partial charge >= 0.3 is 0 Å². The zero-order chi connectivity index (χ0) is 26.8. The van der Waals surface area contributed by atoms with Gasteiger partial charge in [0.25, 0.3) is 5.91 Å². The lowest BCUT2D eigenvalue weighted by Crippen LogP contribution is -2.35. The second-order valence-corrected chi connectivity index (χ2v) is 10.8. The highest BCUT2D eigenvalue weighted by Gasteiger charge is 2.68. The van der Waals surface area contributed by atoms with Crippen LogP contribution in [0.3, 0.4) is 0 Å². The van der Waals surface area contributed by atoms with Gasteiger partial charge in [-0.3, -0.25) is 14.0 Å². The number of nitrogens with zero attached hydrogens (tertiary/aromatic N) is 5. The van der Waals surface area contributed by atoms with Crippen LogP contribution in [-0.2, 0) is 4.79 Å². The Hall–Kier alpha value is -4.24. The molecular weight excluding hydrogens is 502 g/mol. The zero-order valence-electron chi connectivity index (χ0n) is 20.9. The van der Waals surface area contributed by atoms with Crippen molar-refractivity contribution in [2.45, 2.75) is 19.9 Å². The van der Waals surface area contributed by atoms with E-state index in [0.717, 1.165) is 11.4 Å². The Morgan fingerprint density at radius 2 is 1.95 bits per heavy atom. The Morgan fingerprint density at radius 1 is 1.18 bits per heavy atom. The second-order valence-electron chi connectivity index (χ2n) is 10.3. The van der Waals surface area contributed by atoms with Crippen molar-refractivity contribution in [3.05, 3.63) is 84.1 Å². The van der Waals surface area contributed by atoms with Gasteiger partial charge in [0.1, 0.15) is 28.7 Å². The normalized spacial score (nSPS) is 21.2. The summed E-state index contributed by atoms with van der Waals surface area (Å²) in [5.41, 5.74) is 8.99. The van der Waals surface area contributed by atoms with Crippen LogP contribution in [-0.4, -0.2) is 42.6 Å². The van der Waals surface area contributed by atoms with Crippen molar-refractivity contribution < 1.29 is 9.59 Å². The van der Waals surface area contributed by atoms with Crippen molar-refractivity contribution in [1.29, 1.82) is 0 Å². The molecule has 192 valence electrons. The number of nitrogen functional groups attached to an aromatic ring is 1. The van der Waals surface area contributed by atoms with E-state index in [-0.39, 0.29) is 29.2 Å². The van der Waals surface area contributed by atoms with Crippen LogP contribution < -0.4 is 11.1 Å². The zero-order valence-corrected chi connectivity index (χ0v) is 21.7. The van der Waals surface area contributed by atoms with Crippen LogP contribution in [0.1, 0.15) is 36.1 Å². The third-order valence-electron chi connectivity index (χ3n) is 7.93. The third kappa shape index (κ3) is 3.73. The van der Waals surface area contributed by atoms with Crippen molar-refractivity contribution in [2.75, 3.05) is 17.6 Å². The van der Waals surface area contributed by atoms with Crippen molar-refractivity contribution in [1.82, 2.24) is 24.3 Å². The molecule has 1 aliphatic heterocycles. The predicted molar refractivity (Wildman–Crippen MR) is 145 cm³/mol. The lowest BCUT2D eigenvalue weighted by molar-refractivity contribution is -0.128. The van der Waals surface area contributed by atoms with E-state index in [4.69, 9.17) is 22.3 Å². The molecule has 4 aromatic rings. The number of pyridine rings is 1. The summed E-state index contributed by atoms with van der Waals surface area (Å²) in [5.74, 6) is 1.71. The largest absolute Gasteiger partial charge is 0.382 e. The quantitative estimate of drug-likeness (QED) is 0.365. The number of amides is 2. The van der Waals surface area contributed by atoms with Crippen LogP contribution in [0.15, 0.2) is 67.6 Å². The number of carbonyl (C=O) groups excluding carboxylic acids is 2. The first-order valence-corrected chi connectivity index (χ1v) is 12.7. The number of imidazole rings is 1. The molecule has 2 aliphatic rings. The molecule has 10 heteroatoms. The Labute approximate surface area is 224 Å². The number of benzene rings is 1. The van der Waals surface area contributed by atoms with Crippen LogP contribution in [0.2, 0.25) is 5.02 Å². The first-order valence-electron chi connectivity index (χ1n) is 12.3. The van der Waals surface area contributed by atoms with Crippen LogP contribution in [0.25, 0.3) is 16.8 Å². The van der Waals surface area contributed by atoms with E-state index in [0.29, 0.717) is 45.9 Å². The fraction of sp³-hybridized carbons (Fsp3) is 0.250. The summed E-state index contributed by atoms with van der Waals surface area (Å²) >= 11 is 5.99. The minimum atomic E-state index is -0.311. The lowest BCUT2D eigenvalue weighted by Gasteiger charge is -2.29. The van der Waals surface area contributed by atoms with Gasteiger partial charge in [0.05, 0.1) is 6.04 Å². The van der Waals surface area contributed by atoms with E-state index >= 15 is 0 Å². The van der Waals surface area contributed by atoms with Crippen LogP contribution in [0, 0.1) is 17.3 Å². The Bertz CT molecular complexity index is 1610. The summed E-state index contributed by atoms with van der Waals surface area (Å²) in [7, 11) is 0. The van der Waals surface area contributed by atoms with Crippen LogP contribution in [0.5, 0.6) is 0 Å². The molecule has 9 nitrogen and oxygen atoms in total. The Kier molecular flexibility index (Phi) is 5.50. The molecule has 1 saturated heterocycles. The molecule has 3 N–H and O–H groups in total. The summed E-state index contributed by atoms with van der Waals surface area (Å²) in [5, 5.41) is 3.23. The van der Waals surface area contributed by atoms with Gasteiger partial charge in [0.2, 0.25) is 5.91 Å². The molecular formula is C28H26ClN7O2. The van der Waals surface area contributed by atoms with Crippen molar-refractivity contribution in [2.24, 2.45) is 17.3 Å². The molecule has 38 heavy (non-hydrogen) atoms. The van der Waals surface area contributed by atoms with Gasteiger partial charge in [-0.05, 0) is 47.6 Å². The predicted octanol–water partition coefficient (Wildman–Crippen LogP) is 4.62. The van der Waals surface area contributed by atoms with Crippen molar-refractivity contribution in [3.8, 4) is 11.3 Å².